The SMILES string of the molecule is O=C(CNC[C@H]1C[C@H](c2c(-c3ccc(F)cc3)[nH]c3c(F)cc(F)cc32)C1)NCO. The maximum absolute atomic E-state index is 14.4. The minimum absolute atomic E-state index is 0.0954. The van der Waals surface area contributed by atoms with E-state index in [1.54, 1.807) is 12.1 Å². The van der Waals surface area contributed by atoms with Crippen LogP contribution in [0.15, 0.2) is 36.4 Å². The van der Waals surface area contributed by atoms with Crippen LogP contribution in [0.3, 0.4) is 0 Å². The molecule has 5 nitrogen and oxygen atoms in total. The average molecular weight is 417 g/mol. The third kappa shape index (κ3) is 4.06. The number of aliphatic hydroxyl groups is 1. The zero-order chi connectivity index (χ0) is 21.3. The van der Waals surface area contributed by atoms with E-state index in [9.17, 15) is 18.0 Å². The van der Waals surface area contributed by atoms with Gasteiger partial charge in [-0.15, -0.1) is 0 Å². The molecule has 1 aliphatic rings. The number of benzene rings is 2. The van der Waals surface area contributed by atoms with E-state index < -0.39 is 18.4 Å². The Morgan fingerprint density at radius 2 is 1.83 bits per heavy atom. The summed E-state index contributed by atoms with van der Waals surface area (Å²) >= 11 is 0. The summed E-state index contributed by atoms with van der Waals surface area (Å²) in [4.78, 5) is 14.5. The van der Waals surface area contributed by atoms with Crippen LogP contribution >= 0.6 is 0 Å². The van der Waals surface area contributed by atoms with Gasteiger partial charge in [-0.25, -0.2) is 13.2 Å². The second-order valence-corrected chi connectivity index (χ2v) is 7.65. The molecule has 1 aromatic heterocycles. The van der Waals surface area contributed by atoms with Crippen LogP contribution in [0, 0.1) is 23.4 Å². The molecule has 0 unspecified atom stereocenters. The predicted molar refractivity (Wildman–Crippen MR) is 107 cm³/mol. The number of H-pyrrole nitrogens is 1. The third-order valence-corrected chi connectivity index (χ3v) is 5.64. The molecule has 1 fully saturated rings. The quantitative estimate of drug-likeness (QED) is 0.445. The van der Waals surface area contributed by atoms with Gasteiger partial charge in [-0.2, -0.15) is 0 Å². The molecule has 0 radical (unpaired) electrons. The van der Waals surface area contributed by atoms with Gasteiger partial charge >= 0.3 is 0 Å². The van der Waals surface area contributed by atoms with Gasteiger partial charge in [0.25, 0.3) is 0 Å². The number of aromatic amines is 1. The fourth-order valence-electron chi connectivity index (χ4n) is 4.19. The van der Waals surface area contributed by atoms with Crippen molar-refractivity contribution in [3.63, 3.8) is 0 Å². The van der Waals surface area contributed by atoms with Gasteiger partial charge in [0.2, 0.25) is 5.91 Å². The van der Waals surface area contributed by atoms with Crippen LogP contribution in [0.5, 0.6) is 0 Å². The summed E-state index contributed by atoms with van der Waals surface area (Å²) in [6.07, 6.45) is 1.60. The highest BCUT2D eigenvalue weighted by atomic mass is 19.1. The number of aliphatic hydroxyl groups excluding tert-OH is 1. The highest BCUT2D eigenvalue weighted by Crippen LogP contribution is 2.48. The first-order valence-electron chi connectivity index (χ1n) is 9.81. The van der Waals surface area contributed by atoms with E-state index in [0.717, 1.165) is 24.5 Å². The number of carbonyl (C=O) groups excluding carboxylic acids is 1. The highest BCUT2D eigenvalue weighted by Gasteiger charge is 2.34. The smallest absolute Gasteiger partial charge is 0.235 e. The molecule has 0 spiro atoms. The molecule has 1 aliphatic carbocycles. The van der Waals surface area contributed by atoms with Gasteiger partial charge < -0.3 is 20.7 Å². The lowest BCUT2D eigenvalue weighted by molar-refractivity contribution is -0.121. The second kappa shape index (κ2) is 8.49. The molecule has 0 atom stereocenters. The number of carbonyl (C=O) groups is 1. The highest BCUT2D eigenvalue weighted by molar-refractivity contribution is 5.92. The molecule has 0 saturated heterocycles. The number of rotatable bonds is 7. The van der Waals surface area contributed by atoms with Crippen molar-refractivity contribution in [2.24, 2.45) is 5.92 Å². The van der Waals surface area contributed by atoms with Crippen molar-refractivity contribution in [2.75, 3.05) is 19.8 Å². The van der Waals surface area contributed by atoms with Crippen LogP contribution in [-0.4, -0.2) is 35.8 Å². The molecule has 4 N–H and O–H groups in total. The van der Waals surface area contributed by atoms with Crippen molar-refractivity contribution in [3.8, 4) is 11.3 Å². The molecule has 2 aromatic carbocycles. The fraction of sp³-hybridized carbons (Fsp3) is 0.318. The van der Waals surface area contributed by atoms with E-state index in [1.165, 1.54) is 18.2 Å². The fourth-order valence-corrected chi connectivity index (χ4v) is 4.19. The van der Waals surface area contributed by atoms with Crippen molar-refractivity contribution in [2.45, 2.75) is 18.8 Å². The van der Waals surface area contributed by atoms with Gasteiger partial charge in [-0.1, -0.05) is 0 Å². The third-order valence-electron chi connectivity index (χ3n) is 5.64. The van der Waals surface area contributed by atoms with Crippen molar-refractivity contribution in [1.82, 2.24) is 15.6 Å². The summed E-state index contributed by atoms with van der Waals surface area (Å²) in [5.41, 5.74) is 2.47. The monoisotopic (exact) mass is 417 g/mol. The standard InChI is InChI=1S/C22H22F3N3O2/c23-15-3-1-13(2-4-15)21-20(17-7-16(24)8-18(25)22(17)28-21)14-5-12(6-14)9-26-10-19(30)27-11-29/h1-4,7-8,12,14,26,28-29H,5-6,9-11H2,(H,27,30)/t12-,14-. The number of fused-ring (bicyclic) bond motifs is 1. The minimum Gasteiger partial charge on any atom is -0.377 e. The predicted octanol–water partition coefficient (Wildman–Crippen LogP) is 3.40. The first-order chi connectivity index (χ1) is 14.5. The Labute approximate surface area is 171 Å². The Balaban J connectivity index is 1.57. The van der Waals surface area contributed by atoms with Gasteiger partial charge in [-0.3, -0.25) is 4.79 Å². The van der Waals surface area contributed by atoms with E-state index in [0.29, 0.717) is 29.1 Å². The molecule has 1 amide bonds. The number of aromatic nitrogens is 1. The van der Waals surface area contributed by atoms with Gasteiger partial charge in [0.05, 0.1) is 17.8 Å². The second-order valence-electron chi connectivity index (χ2n) is 7.65. The lowest BCUT2D eigenvalue weighted by Crippen LogP contribution is -2.38. The molecule has 8 heteroatoms. The van der Waals surface area contributed by atoms with Crippen molar-refractivity contribution in [3.05, 3.63) is 59.4 Å². The van der Waals surface area contributed by atoms with E-state index in [-0.39, 0.29) is 29.7 Å². The first kappa shape index (κ1) is 20.4. The normalized spacial score (nSPS) is 18.4. The van der Waals surface area contributed by atoms with E-state index in [2.05, 4.69) is 15.6 Å². The van der Waals surface area contributed by atoms with Crippen LogP contribution in [0.2, 0.25) is 0 Å². The topological polar surface area (TPSA) is 77.2 Å². The van der Waals surface area contributed by atoms with Gasteiger partial charge in [-0.05, 0) is 72.7 Å². The molecule has 30 heavy (non-hydrogen) atoms. The van der Waals surface area contributed by atoms with Crippen LogP contribution in [0.25, 0.3) is 22.2 Å². The maximum atomic E-state index is 14.4. The summed E-state index contributed by atoms with van der Waals surface area (Å²) < 4.78 is 41.7. The van der Waals surface area contributed by atoms with Crippen molar-refractivity contribution in [1.29, 1.82) is 0 Å². The summed E-state index contributed by atoms with van der Waals surface area (Å²) in [7, 11) is 0. The minimum atomic E-state index is -0.660. The summed E-state index contributed by atoms with van der Waals surface area (Å²) in [6.45, 7) is 0.351. The molecule has 1 saturated carbocycles. The zero-order valence-corrected chi connectivity index (χ0v) is 16.1. The van der Waals surface area contributed by atoms with Crippen LogP contribution in [0.4, 0.5) is 13.2 Å². The Morgan fingerprint density at radius 1 is 1.10 bits per heavy atom. The molecule has 3 aromatic rings. The van der Waals surface area contributed by atoms with Crippen molar-refractivity contribution >= 4 is 16.8 Å². The number of nitrogens with one attached hydrogen (secondary N) is 3. The first-order valence-corrected chi connectivity index (χ1v) is 9.81. The lowest BCUT2D eigenvalue weighted by atomic mass is 9.70. The van der Waals surface area contributed by atoms with Gasteiger partial charge in [0, 0.05) is 11.5 Å². The number of halogens is 3. The van der Waals surface area contributed by atoms with Crippen LogP contribution in [-0.2, 0) is 4.79 Å². The number of amides is 1. The number of hydrogen-bond acceptors (Lipinski definition) is 3. The molecular formula is C22H22F3N3O2. The Kier molecular flexibility index (Phi) is 5.78. The Hall–Kier alpha value is -2.84. The number of hydrogen-bond donors (Lipinski definition) is 4. The summed E-state index contributed by atoms with van der Waals surface area (Å²) in [6, 6.07) is 8.10. The molecule has 158 valence electrons. The van der Waals surface area contributed by atoms with Crippen LogP contribution < -0.4 is 10.6 Å². The van der Waals surface area contributed by atoms with Gasteiger partial charge in [0.1, 0.15) is 24.2 Å². The molecule has 0 aliphatic heterocycles. The lowest BCUT2D eigenvalue weighted by Gasteiger charge is -2.36. The largest absolute Gasteiger partial charge is 0.377 e. The zero-order valence-electron chi connectivity index (χ0n) is 16.1. The molecule has 0 bridgehead atoms. The van der Waals surface area contributed by atoms with Crippen LogP contribution in [0.1, 0.15) is 24.3 Å². The summed E-state index contributed by atoms with van der Waals surface area (Å²) in [5.74, 6) is -1.53. The van der Waals surface area contributed by atoms with E-state index in [1.807, 2.05) is 0 Å². The molecular weight excluding hydrogens is 395 g/mol. The van der Waals surface area contributed by atoms with E-state index in [4.69, 9.17) is 5.11 Å². The molecule has 4 rings (SSSR count). The molecule has 1 heterocycles. The van der Waals surface area contributed by atoms with Crippen molar-refractivity contribution < 1.29 is 23.1 Å². The average Bonchev–Trinajstić information content (AvgIpc) is 3.03. The summed E-state index contributed by atoms with van der Waals surface area (Å²) in [5, 5.41) is 14.5. The van der Waals surface area contributed by atoms with Gasteiger partial charge in [0.15, 0.2) is 0 Å². The maximum Gasteiger partial charge on any atom is 0.235 e. The Morgan fingerprint density at radius 3 is 2.53 bits per heavy atom. The van der Waals surface area contributed by atoms with E-state index >= 15 is 0 Å². The Bertz CT molecular complexity index is 1060.